The summed E-state index contributed by atoms with van der Waals surface area (Å²) in [4.78, 5) is 36.8. The molecule has 0 aliphatic carbocycles. The van der Waals surface area contributed by atoms with Gasteiger partial charge in [-0.3, -0.25) is 19.3 Å². The first kappa shape index (κ1) is 14.0. The Morgan fingerprint density at radius 2 is 1.95 bits per heavy atom. The first-order chi connectivity index (χ1) is 9.06. The minimum Gasteiger partial charge on any atom is -0.354 e. The van der Waals surface area contributed by atoms with E-state index < -0.39 is 6.04 Å². The van der Waals surface area contributed by atoms with Gasteiger partial charge < -0.3 is 10.6 Å². The van der Waals surface area contributed by atoms with Crippen LogP contribution in [-0.4, -0.2) is 47.3 Å². The average Bonchev–Trinajstić information content (AvgIpc) is 2.89. The monoisotopic (exact) mass is 267 g/mol. The van der Waals surface area contributed by atoms with Crippen LogP contribution in [0.1, 0.15) is 39.5 Å². The number of nitrogens with one attached hydrogen (secondary N) is 2. The Morgan fingerprint density at radius 1 is 1.26 bits per heavy atom. The molecule has 2 aliphatic rings. The normalized spacial score (nSPS) is 27.5. The zero-order valence-corrected chi connectivity index (χ0v) is 11.4. The van der Waals surface area contributed by atoms with Gasteiger partial charge in [-0.2, -0.15) is 0 Å². The van der Waals surface area contributed by atoms with Crippen molar-refractivity contribution in [2.45, 2.75) is 57.7 Å². The Hall–Kier alpha value is -1.43. The molecule has 0 radical (unpaired) electrons. The molecule has 0 saturated carbocycles. The van der Waals surface area contributed by atoms with E-state index >= 15 is 0 Å². The first-order valence-electron chi connectivity index (χ1n) is 6.95. The highest BCUT2D eigenvalue weighted by molar-refractivity contribution is 6.05. The van der Waals surface area contributed by atoms with Crippen LogP contribution in [0, 0.1) is 0 Å². The summed E-state index contributed by atoms with van der Waals surface area (Å²) in [6, 6.07) is -0.517. The summed E-state index contributed by atoms with van der Waals surface area (Å²) in [5.41, 5.74) is 0. The van der Waals surface area contributed by atoms with Gasteiger partial charge in [-0.1, -0.05) is 13.8 Å². The Kier molecular flexibility index (Phi) is 4.19. The molecule has 6 heteroatoms. The number of amides is 3. The summed E-state index contributed by atoms with van der Waals surface area (Å²) >= 11 is 0. The SMILES string of the molecule is CCC(CC)N1C(=O)CC(NC2CNC(=O)C2)C1=O. The predicted molar refractivity (Wildman–Crippen MR) is 69.2 cm³/mol. The number of carbonyl (C=O) groups excluding carboxylic acids is 3. The van der Waals surface area contributed by atoms with Gasteiger partial charge in [0.05, 0.1) is 12.5 Å². The van der Waals surface area contributed by atoms with Crippen LogP contribution in [0.15, 0.2) is 0 Å². The van der Waals surface area contributed by atoms with Crippen LogP contribution in [0.5, 0.6) is 0 Å². The molecule has 19 heavy (non-hydrogen) atoms. The van der Waals surface area contributed by atoms with Crippen molar-refractivity contribution < 1.29 is 14.4 Å². The summed E-state index contributed by atoms with van der Waals surface area (Å²) in [7, 11) is 0. The van der Waals surface area contributed by atoms with Crippen LogP contribution < -0.4 is 10.6 Å². The molecular formula is C13H21N3O3. The van der Waals surface area contributed by atoms with E-state index in [0.717, 1.165) is 12.8 Å². The van der Waals surface area contributed by atoms with Crippen LogP contribution in [0.3, 0.4) is 0 Å². The minimum absolute atomic E-state index is 0.00450. The largest absolute Gasteiger partial charge is 0.354 e. The van der Waals surface area contributed by atoms with Crippen molar-refractivity contribution >= 4 is 17.7 Å². The highest BCUT2D eigenvalue weighted by Crippen LogP contribution is 2.21. The van der Waals surface area contributed by atoms with Gasteiger partial charge in [0, 0.05) is 25.0 Å². The Labute approximate surface area is 112 Å². The molecule has 106 valence electrons. The topological polar surface area (TPSA) is 78.5 Å². The van der Waals surface area contributed by atoms with Crippen LogP contribution in [0.4, 0.5) is 0 Å². The molecule has 2 atom stereocenters. The van der Waals surface area contributed by atoms with Crippen LogP contribution in [0.2, 0.25) is 0 Å². The van der Waals surface area contributed by atoms with E-state index in [1.807, 2.05) is 13.8 Å². The lowest BCUT2D eigenvalue weighted by molar-refractivity contribution is -0.141. The zero-order chi connectivity index (χ0) is 14.0. The number of hydrogen-bond donors (Lipinski definition) is 2. The number of imide groups is 1. The Balaban J connectivity index is 1.99. The third-order valence-electron chi connectivity index (χ3n) is 3.90. The maximum atomic E-state index is 12.3. The average molecular weight is 267 g/mol. The lowest BCUT2D eigenvalue weighted by atomic mass is 10.1. The van der Waals surface area contributed by atoms with E-state index in [1.165, 1.54) is 4.90 Å². The number of likely N-dealkylation sites (tertiary alicyclic amines) is 1. The molecular weight excluding hydrogens is 246 g/mol. The van der Waals surface area contributed by atoms with Crippen molar-refractivity contribution in [2.24, 2.45) is 0 Å². The summed E-state index contributed by atoms with van der Waals surface area (Å²) in [5.74, 6) is -0.252. The van der Waals surface area contributed by atoms with E-state index in [4.69, 9.17) is 0 Å². The molecule has 6 nitrogen and oxygen atoms in total. The molecule has 2 aliphatic heterocycles. The van der Waals surface area contributed by atoms with E-state index in [9.17, 15) is 14.4 Å². The van der Waals surface area contributed by atoms with E-state index in [-0.39, 0.29) is 36.2 Å². The van der Waals surface area contributed by atoms with E-state index in [0.29, 0.717) is 13.0 Å². The smallest absolute Gasteiger partial charge is 0.247 e. The van der Waals surface area contributed by atoms with Gasteiger partial charge in [-0.05, 0) is 12.8 Å². The maximum absolute atomic E-state index is 12.3. The molecule has 0 aromatic heterocycles. The van der Waals surface area contributed by atoms with Gasteiger partial charge in [0.15, 0.2) is 0 Å². The van der Waals surface area contributed by atoms with E-state index in [2.05, 4.69) is 10.6 Å². The fourth-order valence-electron chi connectivity index (χ4n) is 2.83. The maximum Gasteiger partial charge on any atom is 0.247 e. The molecule has 2 unspecified atom stereocenters. The highest BCUT2D eigenvalue weighted by Gasteiger charge is 2.42. The molecule has 0 aromatic rings. The van der Waals surface area contributed by atoms with E-state index in [1.54, 1.807) is 0 Å². The lowest BCUT2D eigenvalue weighted by Gasteiger charge is -2.24. The molecule has 0 bridgehead atoms. The zero-order valence-electron chi connectivity index (χ0n) is 11.4. The second-order valence-electron chi connectivity index (χ2n) is 5.20. The van der Waals surface area contributed by atoms with Crippen LogP contribution >= 0.6 is 0 Å². The minimum atomic E-state index is -0.467. The standard InChI is InChI=1S/C13H21N3O3/c1-3-9(4-2)16-12(18)6-10(13(16)19)15-8-5-11(17)14-7-8/h8-10,15H,3-7H2,1-2H3,(H,14,17). The molecule has 2 N–H and O–H groups in total. The molecule has 0 aromatic carbocycles. The highest BCUT2D eigenvalue weighted by atomic mass is 16.2. The summed E-state index contributed by atoms with van der Waals surface area (Å²) in [5, 5.41) is 5.84. The number of rotatable bonds is 5. The first-order valence-corrected chi connectivity index (χ1v) is 6.95. The van der Waals surface area contributed by atoms with Gasteiger partial charge in [-0.15, -0.1) is 0 Å². The molecule has 2 rings (SSSR count). The number of carbonyl (C=O) groups is 3. The van der Waals surface area contributed by atoms with Gasteiger partial charge in [0.1, 0.15) is 0 Å². The van der Waals surface area contributed by atoms with Crippen LogP contribution in [0.25, 0.3) is 0 Å². The number of hydrogen-bond acceptors (Lipinski definition) is 4. The van der Waals surface area contributed by atoms with Crippen molar-refractivity contribution in [3.05, 3.63) is 0 Å². The third-order valence-corrected chi connectivity index (χ3v) is 3.90. The molecule has 2 saturated heterocycles. The Bertz CT molecular complexity index is 393. The van der Waals surface area contributed by atoms with Gasteiger partial charge in [0.25, 0.3) is 0 Å². The third kappa shape index (κ3) is 2.78. The van der Waals surface area contributed by atoms with Crippen molar-refractivity contribution in [1.29, 1.82) is 0 Å². The quantitative estimate of drug-likeness (QED) is 0.675. The van der Waals surface area contributed by atoms with Crippen molar-refractivity contribution in [1.82, 2.24) is 15.5 Å². The number of nitrogens with zero attached hydrogens (tertiary/aromatic N) is 1. The second-order valence-corrected chi connectivity index (χ2v) is 5.20. The summed E-state index contributed by atoms with van der Waals surface area (Å²) < 4.78 is 0. The Morgan fingerprint density at radius 3 is 2.47 bits per heavy atom. The van der Waals surface area contributed by atoms with Gasteiger partial charge in [-0.25, -0.2) is 0 Å². The van der Waals surface area contributed by atoms with Crippen molar-refractivity contribution in [3.8, 4) is 0 Å². The lowest BCUT2D eigenvalue weighted by Crippen LogP contribution is -2.46. The predicted octanol–water partition coefficient (Wildman–Crippen LogP) is -0.219. The molecule has 0 spiro atoms. The second kappa shape index (κ2) is 5.69. The molecule has 2 fully saturated rings. The fourth-order valence-corrected chi connectivity index (χ4v) is 2.83. The van der Waals surface area contributed by atoms with Gasteiger partial charge in [0.2, 0.25) is 17.7 Å². The summed E-state index contributed by atoms with van der Waals surface area (Å²) in [6.07, 6.45) is 2.15. The molecule has 2 heterocycles. The summed E-state index contributed by atoms with van der Waals surface area (Å²) in [6.45, 7) is 4.49. The van der Waals surface area contributed by atoms with Crippen LogP contribution in [-0.2, 0) is 14.4 Å². The fraction of sp³-hybridized carbons (Fsp3) is 0.769. The molecule has 3 amide bonds. The van der Waals surface area contributed by atoms with Crippen molar-refractivity contribution in [2.75, 3.05) is 6.54 Å². The van der Waals surface area contributed by atoms with Gasteiger partial charge >= 0.3 is 0 Å². The van der Waals surface area contributed by atoms with Crippen molar-refractivity contribution in [3.63, 3.8) is 0 Å².